The first-order valence-electron chi connectivity index (χ1n) is 4.98. The normalized spacial score (nSPS) is 16.6. The fourth-order valence-electron chi connectivity index (χ4n) is 1.88. The summed E-state index contributed by atoms with van der Waals surface area (Å²) in [5.41, 5.74) is 0.998. The van der Waals surface area contributed by atoms with E-state index >= 15 is 0 Å². The summed E-state index contributed by atoms with van der Waals surface area (Å²) in [6.07, 6.45) is 3.36. The van der Waals surface area contributed by atoms with Crippen LogP contribution in [-0.2, 0) is 13.1 Å². The van der Waals surface area contributed by atoms with Crippen molar-refractivity contribution in [1.29, 1.82) is 0 Å². The van der Waals surface area contributed by atoms with Gasteiger partial charge in [-0.2, -0.15) is 0 Å². The largest absolute Gasteiger partial charge is 0.472 e. The summed E-state index contributed by atoms with van der Waals surface area (Å²) in [5, 5.41) is 8.39. The number of nitrogens with zero attached hydrogens (tertiary/aromatic N) is 4. The van der Waals surface area contributed by atoms with Crippen molar-refractivity contribution in [2.45, 2.75) is 13.1 Å². The molecule has 5 heteroatoms. The highest BCUT2D eigenvalue weighted by Crippen LogP contribution is 2.21. The minimum Gasteiger partial charge on any atom is -0.472 e. The average Bonchev–Trinajstić information content (AvgIpc) is 2.82. The number of hydrogen-bond donors (Lipinski definition) is 0. The summed E-state index contributed by atoms with van der Waals surface area (Å²) in [7, 11) is 2.09. The maximum atomic E-state index is 5.06. The lowest BCUT2D eigenvalue weighted by atomic mass is 10.3. The van der Waals surface area contributed by atoms with E-state index in [1.807, 2.05) is 6.07 Å². The molecule has 0 saturated heterocycles. The Morgan fingerprint density at radius 1 is 1.33 bits per heavy atom. The summed E-state index contributed by atoms with van der Waals surface area (Å²) in [4.78, 5) is 2.24. The highest BCUT2D eigenvalue weighted by Gasteiger charge is 2.19. The Morgan fingerprint density at radius 2 is 2.27 bits per heavy atom. The van der Waals surface area contributed by atoms with E-state index in [1.165, 1.54) is 0 Å². The zero-order valence-electron chi connectivity index (χ0n) is 8.55. The van der Waals surface area contributed by atoms with Gasteiger partial charge in [0.15, 0.2) is 5.82 Å². The van der Waals surface area contributed by atoms with Crippen molar-refractivity contribution in [3.63, 3.8) is 0 Å². The van der Waals surface area contributed by atoms with Crippen LogP contribution in [0.3, 0.4) is 0 Å². The number of furan rings is 1. The summed E-state index contributed by atoms with van der Waals surface area (Å²) in [6.45, 7) is 2.85. The predicted molar refractivity (Wildman–Crippen MR) is 54.1 cm³/mol. The minimum atomic E-state index is 0.866. The zero-order chi connectivity index (χ0) is 10.3. The van der Waals surface area contributed by atoms with E-state index < -0.39 is 0 Å². The third kappa shape index (κ3) is 1.35. The molecule has 0 spiro atoms. The van der Waals surface area contributed by atoms with Gasteiger partial charge >= 0.3 is 0 Å². The van der Waals surface area contributed by atoms with Crippen LogP contribution in [0.2, 0.25) is 0 Å². The van der Waals surface area contributed by atoms with E-state index in [9.17, 15) is 0 Å². The van der Waals surface area contributed by atoms with Gasteiger partial charge in [0.05, 0.1) is 18.4 Å². The maximum absolute atomic E-state index is 5.06. The molecule has 0 atom stereocenters. The van der Waals surface area contributed by atoms with Crippen LogP contribution in [0.1, 0.15) is 5.82 Å². The summed E-state index contributed by atoms with van der Waals surface area (Å²) < 4.78 is 7.22. The van der Waals surface area contributed by atoms with E-state index in [0.29, 0.717) is 0 Å². The topological polar surface area (TPSA) is 47.1 Å². The second kappa shape index (κ2) is 3.20. The number of hydrogen-bond acceptors (Lipinski definition) is 4. The van der Waals surface area contributed by atoms with Crippen molar-refractivity contribution < 1.29 is 4.42 Å². The first-order valence-corrected chi connectivity index (χ1v) is 4.98. The van der Waals surface area contributed by atoms with Gasteiger partial charge in [0.1, 0.15) is 12.1 Å². The standard InChI is InChI=1S/C10H12N4O/c1-13-3-4-14-9(6-13)11-12-10(14)8-2-5-15-7-8/h2,5,7H,3-4,6H2,1H3. The molecule has 1 aliphatic rings. The number of rotatable bonds is 1. The van der Waals surface area contributed by atoms with Crippen molar-refractivity contribution >= 4 is 0 Å². The summed E-state index contributed by atoms with van der Waals surface area (Å²) >= 11 is 0. The fraction of sp³-hybridized carbons (Fsp3) is 0.400. The van der Waals surface area contributed by atoms with Crippen molar-refractivity contribution in [2.24, 2.45) is 0 Å². The van der Waals surface area contributed by atoms with Gasteiger partial charge in [0.25, 0.3) is 0 Å². The van der Waals surface area contributed by atoms with Gasteiger partial charge < -0.3 is 8.98 Å². The lowest BCUT2D eigenvalue weighted by Gasteiger charge is -2.23. The first kappa shape index (κ1) is 8.67. The summed E-state index contributed by atoms with van der Waals surface area (Å²) in [6, 6.07) is 1.91. The molecular weight excluding hydrogens is 192 g/mol. The number of fused-ring (bicyclic) bond motifs is 1. The Bertz CT molecular complexity index is 460. The molecule has 78 valence electrons. The van der Waals surface area contributed by atoms with E-state index in [1.54, 1.807) is 12.5 Å². The Labute approximate surface area is 87.3 Å². The highest BCUT2D eigenvalue weighted by molar-refractivity contribution is 5.53. The molecule has 3 rings (SSSR count). The maximum Gasteiger partial charge on any atom is 0.167 e. The van der Waals surface area contributed by atoms with Crippen LogP contribution >= 0.6 is 0 Å². The van der Waals surface area contributed by atoms with Crippen molar-refractivity contribution in [2.75, 3.05) is 13.6 Å². The molecule has 0 unspecified atom stereocenters. The Balaban J connectivity index is 2.05. The second-order valence-electron chi connectivity index (χ2n) is 3.84. The monoisotopic (exact) mass is 204 g/mol. The predicted octanol–water partition coefficient (Wildman–Crippen LogP) is 0.984. The molecule has 0 aromatic carbocycles. The molecule has 0 aliphatic carbocycles. The molecule has 3 heterocycles. The van der Waals surface area contributed by atoms with Crippen molar-refractivity contribution in [3.8, 4) is 11.4 Å². The van der Waals surface area contributed by atoms with E-state index in [2.05, 4.69) is 26.7 Å². The van der Waals surface area contributed by atoms with Crippen LogP contribution < -0.4 is 0 Å². The molecule has 0 radical (unpaired) electrons. The number of aromatic nitrogens is 3. The lowest BCUT2D eigenvalue weighted by molar-refractivity contribution is 0.265. The quantitative estimate of drug-likeness (QED) is 0.694. The molecule has 1 aliphatic heterocycles. The molecule has 5 nitrogen and oxygen atoms in total. The summed E-state index contributed by atoms with van der Waals surface area (Å²) in [5.74, 6) is 1.94. The Kier molecular flexibility index (Phi) is 1.85. The molecule has 0 saturated carbocycles. The van der Waals surface area contributed by atoms with E-state index in [-0.39, 0.29) is 0 Å². The van der Waals surface area contributed by atoms with Gasteiger partial charge in [-0.1, -0.05) is 0 Å². The van der Waals surface area contributed by atoms with Gasteiger partial charge in [0, 0.05) is 13.1 Å². The molecule has 2 aromatic rings. The van der Waals surface area contributed by atoms with Gasteiger partial charge in [-0.05, 0) is 13.1 Å². The Morgan fingerprint density at radius 3 is 3.07 bits per heavy atom. The van der Waals surface area contributed by atoms with Crippen molar-refractivity contribution in [3.05, 3.63) is 24.4 Å². The molecule has 0 N–H and O–H groups in total. The van der Waals surface area contributed by atoms with E-state index in [0.717, 1.165) is 36.8 Å². The average molecular weight is 204 g/mol. The van der Waals surface area contributed by atoms with E-state index in [4.69, 9.17) is 4.42 Å². The van der Waals surface area contributed by atoms with Gasteiger partial charge in [0.2, 0.25) is 0 Å². The van der Waals surface area contributed by atoms with Crippen LogP contribution in [0.4, 0.5) is 0 Å². The third-order valence-corrected chi connectivity index (χ3v) is 2.72. The second-order valence-corrected chi connectivity index (χ2v) is 3.84. The smallest absolute Gasteiger partial charge is 0.167 e. The zero-order valence-corrected chi connectivity index (χ0v) is 8.55. The van der Waals surface area contributed by atoms with Gasteiger partial charge in [-0.25, -0.2) is 0 Å². The first-order chi connectivity index (χ1) is 7.34. The van der Waals surface area contributed by atoms with Crippen LogP contribution in [0.5, 0.6) is 0 Å². The van der Waals surface area contributed by atoms with Gasteiger partial charge in [-0.3, -0.25) is 4.90 Å². The van der Waals surface area contributed by atoms with Crippen molar-refractivity contribution in [1.82, 2.24) is 19.7 Å². The number of likely N-dealkylation sites (N-methyl/N-ethyl adjacent to an activating group) is 1. The van der Waals surface area contributed by atoms with Gasteiger partial charge in [-0.15, -0.1) is 10.2 Å². The molecule has 0 bridgehead atoms. The molecular formula is C10H12N4O. The molecule has 2 aromatic heterocycles. The van der Waals surface area contributed by atoms with Crippen LogP contribution in [0.25, 0.3) is 11.4 Å². The molecule has 0 fully saturated rings. The lowest BCUT2D eigenvalue weighted by Crippen LogP contribution is -2.30. The van der Waals surface area contributed by atoms with Crippen LogP contribution in [0.15, 0.2) is 23.0 Å². The van der Waals surface area contributed by atoms with Crippen LogP contribution in [-0.4, -0.2) is 33.3 Å². The van der Waals surface area contributed by atoms with Crippen LogP contribution in [0, 0.1) is 0 Å². The minimum absolute atomic E-state index is 0.866. The molecule has 0 amide bonds. The third-order valence-electron chi connectivity index (χ3n) is 2.72. The molecule has 15 heavy (non-hydrogen) atoms. The highest BCUT2D eigenvalue weighted by atomic mass is 16.3. The Hall–Kier alpha value is -1.62. The fourth-order valence-corrected chi connectivity index (χ4v) is 1.88. The SMILES string of the molecule is CN1CCn2c(nnc2-c2ccoc2)C1.